The molecular formula is C29H49BrO4. The van der Waals surface area contributed by atoms with Crippen LogP contribution >= 0.6 is 15.9 Å². The Balaban J connectivity index is 1.57. The van der Waals surface area contributed by atoms with E-state index in [-0.39, 0.29) is 33.3 Å². The third kappa shape index (κ3) is 3.89. The van der Waals surface area contributed by atoms with E-state index >= 15 is 0 Å². The summed E-state index contributed by atoms with van der Waals surface area (Å²) in [6.07, 6.45) is 6.77. The van der Waals surface area contributed by atoms with Gasteiger partial charge in [0.05, 0.1) is 12.2 Å². The lowest BCUT2D eigenvalue weighted by Crippen LogP contribution is -2.66. The molecule has 4 aliphatic carbocycles. The summed E-state index contributed by atoms with van der Waals surface area (Å²) in [7, 11) is 0. The van der Waals surface area contributed by atoms with E-state index in [1.807, 2.05) is 0 Å². The molecule has 0 aliphatic heterocycles. The summed E-state index contributed by atoms with van der Waals surface area (Å²) in [5.74, 6) is 2.09. The highest BCUT2D eigenvalue weighted by Gasteiger charge is 2.67. The van der Waals surface area contributed by atoms with Gasteiger partial charge < -0.3 is 15.3 Å². The van der Waals surface area contributed by atoms with Crippen molar-refractivity contribution in [2.75, 3.05) is 0 Å². The fourth-order valence-electron chi connectivity index (χ4n) is 9.80. The SMILES string of the molecule is CC[C@@H](C(C)C)[C@H](O)[C@@H](O)[C@@H](C)[C@H]1CCC2C3CC(=O)[C@@]4(O)C[C@@H](Br)CC[C@]4(C)C3CC[C@@]21C. The Bertz CT molecular complexity index is 771. The lowest BCUT2D eigenvalue weighted by Gasteiger charge is -2.63. The average Bonchev–Trinajstić information content (AvgIpc) is 3.12. The van der Waals surface area contributed by atoms with Crippen molar-refractivity contribution in [2.45, 2.75) is 122 Å². The predicted octanol–water partition coefficient (Wildman–Crippen LogP) is 5.74. The number of rotatable bonds is 6. The van der Waals surface area contributed by atoms with E-state index in [1.54, 1.807) is 0 Å². The maximum absolute atomic E-state index is 13.5. The Hall–Kier alpha value is 0.0300. The van der Waals surface area contributed by atoms with Crippen LogP contribution < -0.4 is 0 Å². The molecule has 0 aromatic carbocycles. The molecule has 196 valence electrons. The van der Waals surface area contributed by atoms with E-state index in [2.05, 4.69) is 57.5 Å². The zero-order chi connectivity index (χ0) is 25.2. The molecule has 4 aliphatic rings. The van der Waals surface area contributed by atoms with Crippen molar-refractivity contribution >= 4 is 21.7 Å². The van der Waals surface area contributed by atoms with Crippen molar-refractivity contribution in [1.82, 2.24) is 0 Å². The quantitative estimate of drug-likeness (QED) is 0.375. The van der Waals surface area contributed by atoms with Gasteiger partial charge in [0.25, 0.3) is 0 Å². The largest absolute Gasteiger partial charge is 0.390 e. The number of Topliss-reactive ketones (excluding diaryl/α,β-unsaturated/α-hetero) is 1. The van der Waals surface area contributed by atoms with Crippen molar-refractivity contribution in [3.63, 3.8) is 0 Å². The van der Waals surface area contributed by atoms with Gasteiger partial charge in [0.15, 0.2) is 5.78 Å². The second kappa shape index (κ2) is 9.40. The average molecular weight is 542 g/mol. The van der Waals surface area contributed by atoms with E-state index in [1.165, 1.54) is 0 Å². The Morgan fingerprint density at radius 3 is 2.29 bits per heavy atom. The standard InChI is InChI=1S/C29H49BrO4/c1-7-19(16(2)3)26(33)25(32)17(4)21-8-9-22-20-14-24(31)29(34)15-18(30)10-13-28(29,6)23(20)11-12-27(21,22)5/h16-23,25-26,32-34H,7-15H2,1-6H3/t17-,18-,19-,20?,21+,22?,23?,25-,26-,27+,28+,29-/m0/s1. The van der Waals surface area contributed by atoms with E-state index in [0.717, 1.165) is 44.9 Å². The van der Waals surface area contributed by atoms with Crippen LogP contribution in [0.2, 0.25) is 0 Å². The second-order valence-corrected chi connectivity index (χ2v) is 14.8. The molecule has 4 fully saturated rings. The van der Waals surface area contributed by atoms with Crippen LogP contribution in [-0.2, 0) is 4.79 Å². The highest BCUT2D eigenvalue weighted by molar-refractivity contribution is 9.09. The number of hydrogen-bond acceptors (Lipinski definition) is 4. The molecule has 3 unspecified atom stereocenters. The van der Waals surface area contributed by atoms with Crippen molar-refractivity contribution in [3.05, 3.63) is 0 Å². The summed E-state index contributed by atoms with van der Waals surface area (Å²) in [5.41, 5.74) is -1.44. The molecule has 4 nitrogen and oxygen atoms in total. The molecule has 0 aromatic heterocycles. The monoisotopic (exact) mass is 540 g/mol. The number of aliphatic hydroxyl groups is 3. The van der Waals surface area contributed by atoms with Crippen molar-refractivity contribution in [3.8, 4) is 0 Å². The zero-order valence-electron chi connectivity index (χ0n) is 22.3. The maximum atomic E-state index is 13.5. The van der Waals surface area contributed by atoms with Gasteiger partial charge in [-0.1, -0.05) is 63.9 Å². The smallest absolute Gasteiger partial charge is 0.165 e. The van der Waals surface area contributed by atoms with Gasteiger partial charge in [0.1, 0.15) is 5.60 Å². The summed E-state index contributed by atoms with van der Waals surface area (Å²) in [6.45, 7) is 13.1. The molecular weight excluding hydrogens is 492 g/mol. The van der Waals surface area contributed by atoms with Gasteiger partial charge in [0, 0.05) is 16.7 Å². The van der Waals surface area contributed by atoms with Crippen LogP contribution in [0, 0.1) is 52.3 Å². The molecule has 3 N–H and O–H groups in total. The molecule has 0 heterocycles. The van der Waals surface area contributed by atoms with Crippen LogP contribution in [0.15, 0.2) is 0 Å². The first-order chi connectivity index (χ1) is 15.8. The molecule has 0 saturated heterocycles. The molecule has 34 heavy (non-hydrogen) atoms. The van der Waals surface area contributed by atoms with Crippen LogP contribution in [0.5, 0.6) is 0 Å². The Labute approximate surface area is 215 Å². The molecule has 0 aromatic rings. The molecule has 4 rings (SSSR count). The first kappa shape index (κ1) is 27.1. The van der Waals surface area contributed by atoms with Crippen molar-refractivity contribution in [2.24, 2.45) is 52.3 Å². The maximum Gasteiger partial charge on any atom is 0.165 e. The highest BCUT2D eigenvalue weighted by atomic mass is 79.9. The fourth-order valence-corrected chi connectivity index (χ4v) is 10.5. The van der Waals surface area contributed by atoms with Crippen LogP contribution in [0.3, 0.4) is 0 Å². The lowest BCUT2D eigenvalue weighted by molar-refractivity contribution is -0.203. The van der Waals surface area contributed by atoms with Gasteiger partial charge in [0.2, 0.25) is 0 Å². The molecule has 0 amide bonds. The predicted molar refractivity (Wildman–Crippen MR) is 140 cm³/mol. The van der Waals surface area contributed by atoms with Crippen molar-refractivity contribution in [1.29, 1.82) is 0 Å². The van der Waals surface area contributed by atoms with Crippen LogP contribution in [0.4, 0.5) is 0 Å². The highest BCUT2D eigenvalue weighted by Crippen LogP contribution is 2.68. The van der Waals surface area contributed by atoms with E-state index in [4.69, 9.17) is 0 Å². The second-order valence-electron chi connectivity index (χ2n) is 13.5. The normalized spacial score (nSPS) is 48.0. The van der Waals surface area contributed by atoms with Gasteiger partial charge in [-0.25, -0.2) is 0 Å². The molecule has 0 bridgehead atoms. The summed E-state index contributed by atoms with van der Waals surface area (Å²) in [6, 6.07) is 0. The van der Waals surface area contributed by atoms with Gasteiger partial charge in [-0.2, -0.15) is 0 Å². The number of alkyl halides is 1. The molecule has 5 heteroatoms. The van der Waals surface area contributed by atoms with Crippen molar-refractivity contribution < 1.29 is 20.1 Å². The minimum absolute atomic E-state index is 0.0324. The number of ketones is 1. The molecule has 0 radical (unpaired) electrons. The number of carbonyl (C=O) groups excluding carboxylic acids is 1. The summed E-state index contributed by atoms with van der Waals surface area (Å²) in [5, 5.41) is 34.0. The van der Waals surface area contributed by atoms with E-state index < -0.39 is 17.8 Å². The van der Waals surface area contributed by atoms with Gasteiger partial charge >= 0.3 is 0 Å². The summed E-state index contributed by atoms with van der Waals surface area (Å²) in [4.78, 5) is 13.7. The Morgan fingerprint density at radius 2 is 1.68 bits per heavy atom. The molecule has 12 atom stereocenters. The zero-order valence-corrected chi connectivity index (χ0v) is 23.9. The number of hydrogen-bond donors (Lipinski definition) is 3. The van der Waals surface area contributed by atoms with Crippen LogP contribution in [0.1, 0.15) is 99.3 Å². The van der Waals surface area contributed by atoms with E-state index in [9.17, 15) is 20.1 Å². The third-order valence-electron chi connectivity index (χ3n) is 11.9. The van der Waals surface area contributed by atoms with Gasteiger partial charge in [-0.15, -0.1) is 0 Å². The van der Waals surface area contributed by atoms with Crippen LogP contribution in [0.25, 0.3) is 0 Å². The van der Waals surface area contributed by atoms with Crippen LogP contribution in [-0.4, -0.2) is 43.7 Å². The first-order valence-corrected chi connectivity index (χ1v) is 15.0. The number of fused-ring (bicyclic) bond motifs is 5. The molecule has 0 spiro atoms. The number of aliphatic hydroxyl groups excluding tert-OH is 2. The lowest BCUT2D eigenvalue weighted by atomic mass is 9.43. The third-order valence-corrected chi connectivity index (χ3v) is 12.7. The minimum Gasteiger partial charge on any atom is -0.390 e. The topological polar surface area (TPSA) is 77.8 Å². The number of carbonyl (C=O) groups is 1. The number of halogens is 1. The first-order valence-electron chi connectivity index (χ1n) is 14.1. The van der Waals surface area contributed by atoms with Gasteiger partial charge in [-0.3, -0.25) is 4.79 Å². The molecule has 4 saturated carbocycles. The Morgan fingerprint density at radius 1 is 1.00 bits per heavy atom. The minimum atomic E-state index is -1.19. The summed E-state index contributed by atoms with van der Waals surface area (Å²) < 4.78 is 0. The van der Waals surface area contributed by atoms with Gasteiger partial charge in [-0.05, 0) is 91.8 Å². The summed E-state index contributed by atoms with van der Waals surface area (Å²) >= 11 is 3.70. The Kier molecular flexibility index (Phi) is 7.49. The van der Waals surface area contributed by atoms with E-state index in [0.29, 0.717) is 42.4 Å². The fraction of sp³-hybridized carbons (Fsp3) is 0.966.